The predicted molar refractivity (Wildman–Crippen MR) is 75.2 cm³/mol. The van der Waals surface area contributed by atoms with Gasteiger partial charge in [0.1, 0.15) is 0 Å². The highest BCUT2D eigenvalue weighted by atomic mass is 32.2. The first kappa shape index (κ1) is 14.1. The van der Waals surface area contributed by atoms with Gasteiger partial charge in [-0.2, -0.15) is 11.8 Å². The summed E-state index contributed by atoms with van der Waals surface area (Å²) in [6.45, 7) is 10.8. The van der Waals surface area contributed by atoms with Crippen molar-refractivity contribution in [3.05, 3.63) is 12.7 Å². The van der Waals surface area contributed by atoms with Gasteiger partial charge in [-0.3, -0.25) is 0 Å². The molecule has 0 bridgehead atoms. The Morgan fingerprint density at radius 1 is 1.50 bits per heavy atom. The highest BCUT2D eigenvalue weighted by Gasteiger charge is 2.27. The van der Waals surface area contributed by atoms with E-state index in [-0.39, 0.29) is 0 Å². The van der Waals surface area contributed by atoms with Crippen molar-refractivity contribution < 1.29 is 0 Å². The van der Waals surface area contributed by atoms with Crippen molar-refractivity contribution in [3.63, 3.8) is 0 Å². The summed E-state index contributed by atoms with van der Waals surface area (Å²) in [6.07, 6.45) is 3.26. The molecule has 1 saturated heterocycles. The number of thioether (sulfide) groups is 1. The predicted octanol–water partition coefficient (Wildman–Crippen LogP) is 2.22. The summed E-state index contributed by atoms with van der Waals surface area (Å²) in [5.74, 6) is 3.03. The van der Waals surface area contributed by atoms with Crippen molar-refractivity contribution in [2.45, 2.75) is 32.4 Å². The molecule has 1 aliphatic rings. The molecule has 1 N–H and O–H groups in total. The summed E-state index contributed by atoms with van der Waals surface area (Å²) in [7, 11) is 2.23. The van der Waals surface area contributed by atoms with Crippen molar-refractivity contribution in [2.75, 3.05) is 31.6 Å². The number of rotatable bonds is 6. The molecule has 0 amide bonds. The molecule has 1 rings (SSSR count). The van der Waals surface area contributed by atoms with Crippen LogP contribution in [0.4, 0.5) is 0 Å². The topological polar surface area (TPSA) is 15.3 Å². The lowest BCUT2D eigenvalue weighted by Gasteiger charge is -2.40. The number of nitrogens with one attached hydrogen (secondary N) is 1. The Morgan fingerprint density at radius 3 is 2.94 bits per heavy atom. The molecule has 3 atom stereocenters. The Hall–Kier alpha value is 0.01000. The fourth-order valence-electron chi connectivity index (χ4n) is 2.31. The van der Waals surface area contributed by atoms with E-state index in [1.54, 1.807) is 0 Å². The molecule has 0 aliphatic carbocycles. The zero-order chi connectivity index (χ0) is 12.0. The summed E-state index contributed by atoms with van der Waals surface area (Å²) in [5, 5.41) is 3.70. The largest absolute Gasteiger partial charge is 0.313 e. The van der Waals surface area contributed by atoms with E-state index in [2.05, 4.69) is 37.7 Å². The fraction of sp³-hybridized carbons (Fsp3) is 0.846. The molecule has 1 heterocycles. The lowest BCUT2D eigenvalue weighted by Crippen LogP contribution is -2.51. The van der Waals surface area contributed by atoms with Crippen LogP contribution in [0.15, 0.2) is 12.7 Å². The number of hydrogen-bond donors (Lipinski definition) is 1. The van der Waals surface area contributed by atoms with Gasteiger partial charge in [0.15, 0.2) is 0 Å². The molecule has 0 aromatic rings. The first-order valence-corrected chi connectivity index (χ1v) is 7.43. The van der Waals surface area contributed by atoms with Crippen LogP contribution in [0.1, 0.15) is 20.3 Å². The van der Waals surface area contributed by atoms with E-state index < -0.39 is 0 Å². The monoisotopic (exact) mass is 242 g/mol. The van der Waals surface area contributed by atoms with Gasteiger partial charge in [0, 0.05) is 36.7 Å². The molecule has 3 unspecified atom stereocenters. The summed E-state index contributed by atoms with van der Waals surface area (Å²) in [4.78, 5) is 2.47. The maximum atomic E-state index is 3.73. The number of piperidine rings is 1. The summed E-state index contributed by atoms with van der Waals surface area (Å²) >= 11 is 1.95. The molecule has 1 aliphatic heterocycles. The van der Waals surface area contributed by atoms with E-state index in [1.807, 2.05) is 17.8 Å². The zero-order valence-corrected chi connectivity index (χ0v) is 11.7. The summed E-state index contributed by atoms with van der Waals surface area (Å²) in [5.41, 5.74) is 0. The molecule has 0 aromatic heterocycles. The van der Waals surface area contributed by atoms with Gasteiger partial charge >= 0.3 is 0 Å². The van der Waals surface area contributed by atoms with Crippen molar-refractivity contribution in [1.29, 1.82) is 0 Å². The van der Waals surface area contributed by atoms with Gasteiger partial charge in [-0.05, 0) is 26.3 Å². The van der Waals surface area contributed by atoms with Crippen molar-refractivity contribution in [1.82, 2.24) is 10.2 Å². The first-order valence-electron chi connectivity index (χ1n) is 6.27. The van der Waals surface area contributed by atoms with E-state index in [1.165, 1.54) is 18.7 Å². The van der Waals surface area contributed by atoms with E-state index in [0.29, 0.717) is 6.04 Å². The van der Waals surface area contributed by atoms with E-state index >= 15 is 0 Å². The molecular weight excluding hydrogens is 216 g/mol. The van der Waals surface area contributed by atoms with Crippen LogP contribution in [0, 0.1) is 5.92 Å². The van der Waals surface area contributed by atoms with Gasteiger partial charge in [0.2, 0.25) is 0 Å². The fourth-order valence-corrected chi connectivity index (χ4v) is 2.90. The van der Waals surface area contributed by atoms with Gasteiger partial charge < -0.3 is 10.2 Å². The van der Waals surface area contributed by atoms with E-state index in [0.717, 1.165) is 24.3 Å². The van der Waals surface area contributed by atoms with Crippen LogP contribution in [0.2, 0.25) is 0 Å². The van der Waals surface area contributed by atoms with Crippen LogP contribution in [0.3, 0.4) is 0 Å². The average Bonchev–Trinajstić information content (AvgIpc) is 2.25. The van der Waals surface area contributed by atoms with Crippen molar-refractivity contribution >= 4 is 11.8 Å². The van der Waals surface area contributed by atoms with Gasteiger partial charge in [-0.25, -0.2) is 0 Å². The molecule has 0 spiro atoms. The molecule has 0 radical (unpaired) electrons. The molecule has 0 saturated carbocycles. The third kappa shape index (κ3) is 4.48. The minimum atomic E-state index is 0.704. The minimum Gasteiger partial charge on any atom is -0.313 e. The molecular formula is C13H26N2S. The molecule has 16 heavy (non-hydrogen) atoms. The van der Waals surface area contributed by atoms with Crippen molar-refractivity contribution in [2.24, 2.45) is 5.92 Å². The Balaban J connectivity index is 2.18. The summed E-state index contributed by atoms with van der Waals surface area (Å²) < 4.78 is 0. The van der Waals surface area contributed by atoms with E-state index in [9.17, 15) is 0 Å². The van der Waals surface area contributed by atoms with Crippen LogP contribution in [0.25, 0.3) is 0 Å². The molecule has 0 aromatic carbocycles. The zero-order valence-electron chi connectivity index (χ0n) is 10.9. The highest BCUT2D eigenvalue weighted by Crippen LogP contribution is 2.20. The third-order valence-corrected chi connectivity index (χ3v) is 4.46. The van der Waals surface area contributed by atoms with Crippen molar-refractivity contribution in [3.8, 4) is 0 Å². The Morgan fingerprint density at radius 2 is 2.25 bits per heavy atom. The van der Waals surface area contributed by atoms with Crippen LogP contribution in [-0.4, -0.2) is 48.6 Å². The average molecular weight is 242 g/mol. The van der Waals surface area contributed by atoms with Gasteiger partial charge in [-0.1, -0.05) is 13.0 Å². The molecule has 3 heteroatoms. The minimum absolute atomic E-state index is 0.704. The maximum Gasteiger partial charge on any atom is 0.0120 e. The Labute approximate surface area is 105 Å². The van der Waals surface area contributed by atoms with Gasteiger partial charge in [-0.15, -0.1) is 6.58 Å². The second-order valence-electron chi connectivity index (χ2n) is 4.93. The number of likely N-dealkylation sites (tertiary alicyclic amines) is 1. The van der Waals surface area contributed by atoms with E-state index in [4.69, 9.17) is 0 Å². The SMILES string of the molecule is C=CCSCCNC1CC(C)N(C)CC1C. The highest BCUT2D eigenvalue weighted by molar-refractivity contribution is 7.99. The lowest BCUT2D eigenvalue weighted by atomic mass is 9.90. The Kier molecular flexibility index (Phi) is 6.47. The second kappa shape index (κ2) is 7.36. The normalized spacial score (nSPS) is 31.6. The second-order valence-corrected chi connectivity index (χ2v) is 6.08. The van der Waals surface area contributed by atoms with Gasteiger partial charge in [0.05, 0.1) is 0 Å². The standard InChI is InChI=1S/C13H26N2S/c1-5-7-16-8-6-14-13-9-12(3)15(4)10-11(13)2/h5,11-14H,1,6-10H2,2-4H3. The quantitative estimate of drug-likeness (QED) is 0.568. The van der Waals surface area contributed by atoms with Crippen LogP contribution >= 0.6 is 11.8 Å². The first-order chi connectivity index (χ1) is 7.65. The summed E-state index contributed by atoms with van der Waals surface area (Å²) in [6, 6.07) is 1.42. The molecule has 2 nitrogen and oxygen atoms in total. The number of nitrogens with zero attached hydrogens (tertiary/aromatic N) is 1. The number of hydrogen-bond acceptors (Lipinski definition) is 3. The molecule has 1 fully saturated rings. The molecule has 94 valence electrons. The van der Waals surface area contributed by atoms with Crippen LogP contribution in [-0.2, 0) is 0 Å². The van der Waals surface area contributed by atoms with Crippen LogP contribution in [0.5, 0.6) is 0 Å². The van der Waals surface area contributed by atoms with Crippen LogP contribution < -0.4 is 5.32 Å². The Bertz CT molecular complexity index is 208. The lowest BCUT2D eigenvalue weighted by molar-refractivity contribution is 0.123. The smallest absolute Gasteiger partial charge is 0.0120 e. The maximum absolute atomic E-state index is 3.73. The third-order valence-electron chi connectivity index (χ3n) is 3.50. The van der Waals surface area contributed by atoms with Gasteiger partial charge in [0.25, 0.3) is 0 Å².